The van der Waals surface area contributed by atoms with E-state index in [0.717, 1.165) is 10.0 Å². The molecule has 110 valence electrons. The van der Waals surface area contributed by atoms with Gasteiger partial charge in [-0.25, -0.2) is 9.78 Å². The van der Waals surface area contributed by atoms with Gasteiger partial charge in [-0.15, -0.1) is 0 Å². The molecule has 0 aliphatic carbocycles. The van der Waals surface area contributed by atoms with Crippen LogP contribution in [0.25, 0.3) is 0 Å². The van der Waals surface area contributed by atoms with Gasteiger partial charge in [0.05, 0.1) is 18.8 Å². The number of carbonyl (C=O) groups excluding carboxylic acids is 1. The standard InChI is InChI=1S/C15H16BrN3O2/c1-9(10-3-5-11(16)6-4-10)18-14-12(17)7-8-13(19-14)15(20)21-2/h3-9H,17H2,1-2H3,(H,18,19). The zero-order chi connectivity index (χ0) is 15.4. The summed E-state index contributed by atoms with van der Waals surface area (Å²) in [5, 5.41) is 3.21. The fourth-order valence-corrected chi connectivity index (χ4v) is 2.11. The Labute approximate surface area is 131 Å². The van der Waals surface area contributed by atoms with E-state index in [2.05, 4.69) is 31.0 Å². The minimum absolute atomic E-state index is 0.000738. The zero-order valence-electron chi connectivity index (χ0n) is 11.8. The molecule has 0 amide bonds. The van der Waals surface area contributed by atoms with Gasteiger partial charge in [0.1, 0.15) is 0 Å². The van der Waals surface area contributed by atoms with Gasteiger partial charge < -0.3 is 15.8 Å². The molecule has 6 heteroatoms. The predicted octanol–water partition coefficient (Wildman–Crippen LogP) is 3.39. The minimum atomic E-state index is -0.491. The molecule has 0 spiro atoms. The van der Waals surface area contributed by atoms with Crippen LogP contribution in [-0.4, -0.2) is 18.1 Å². The summed E-state index contributed by atoms with van der Waals surface area (Å²) in [4.78, 5) is 15.7. The average molecular weight is 350 g/mol. The number of aromatic nitrogens is 1. The Balaban J connectivity index is 2.22. The highest BCUT2D eigenvalue weighted by molar-refractivity contribution is 9.10. The molecular weight excluding hydrogens is 334 g/mol. The van der Waals surface area contributed by atoms with Crippen molar-refractivity contribution in [2.24, 2.45) is 0 Å². The number of hydrogen-bond acceptors (Lipinski definition) is 5. The minimum Gasteiger partial charge on any atom is -0.464 e. The molecule has 0 aliphatic heterocycles. The maximum atomic E-state index is 11.5. The number of ether oxygens (including phenoxy) is 1. The molecule has 5 nitrogen and oxygen atoms in total. The summed E-state index contributed by atoms with van der Waals surface area (Å²) in [6.07, 6.45) is 0. The van der Waals surface area contributed by atoms with Gasteiger partial charge in [-0.3, -0.25) is 0 Å². The van der Waals surface area contributed by atoms with Gasteiger partial charge in [-0.2, -0.15) is 0 Å². The number of nitrogens with one attached hydrogen (secondary N) is 1. The van der Waals surface area contributed by atoms with E-state index in [0.29, 0.717) is 11.5 Å². The number of nitrogens with two attached hydrogens (primary N) is 1. The summed E-state index contributed by atoms with van der Waals surface area (Å²) in [6.45, 7) is 2.00. The summed E-state index contributed by atoms with van der Waals surface area (Å²) in [7, 11) is 1.32. The molecule has 21 heavy (non-hydrogen) atoms. The van der Waals surface area contributed by atoms with Crippen LogP contribution in [0.5, 0.6) is 0 Å². The molecule has 0 aliphatic rings. The molecular formula is C15H16BrN3O2. The van der Waals surface area contributed by atoms with Crippen molar-refractivity contribution in [1.29, 1.82) is 0 Å². The summed E-state index contributed by atoms with van der Waals surface area (Å²) in [5.41, 5.74) is 7.68. The number of benzene rings is 1. The van der Waals surface area contributed by atoms with Crippen LogP contribution in [0.1, 0.15) is 29.0 Å². The van der Waals surface area contributed by atoms with E-state index in [1.807, 2.05) is 31.2 Å². The molecule has 1 aromatic carbocycles. The van der Waals surface area contributed by atoms with Crippen molar-refractivity contribution in [3.63, 3.8) is 0 Å². The highest BCUT2D eigenvalue weighted by atomic mass is 79.9. The molecule has 2 rings (SSSR count). The summed E-state index contributed by atoms with van der Waals surface area (Å²) < 4.78 is 5.68. The van der Waals surface area contributed by atoms with E-state index in [1.54, 1.807) is 6.07 Å². The molecule has 0 saturated heterocycles. The molecule has 1 heterocycles. The van der Waals surface area contributed by atoms with Gasteiger partial charge >= 0.3 is 5.97 Å². The van der Waals surface area contributed by atoms with Crippen LogP contribution in [0.3, 0.4) is 0 Å². The lowest BCUT2D eigenvalue weighted by molar-refractivity contribution is 0.0594. The second kappa shape index (κ2) is 6.58. The van der Waals surface area contributed by atoms with E-state index >= 15 is 0 Å². The lowest BCUT2D eigenvalue weighted by atomic mass is 10.1. The van der Waals surface area contributed by atoms with Crippen LogP contribution < -0.4 is 11.1 Å². The third kappa shape index (κ3) is 3.72. The van der Waals surface area contributed by atoms with Crippen molar-refractivity contribution in [1.82, 2.24) is 4.98 Å². The van der Waals surface area contributed by atoms with Gasteiger partial charge in [0, 0.05) is 4.47 Å². The van der Waals surface area contributed by atoms with Crippen LogP contribution >= 0.6 is 15.9 Å². The quantitative estimate of drug-likeness (QED) is 0.827. The summed E-state index contributed by atoms with van der Waals surface area (Å²) in [6, 6.07) is 11.1. The molecule has 1 atom stereocenters. The molecule has 1 aromatic heterocycles. The first-order valence-electron chi connectivity index (χ1n) is 6.38. The second-order valence-corrected chi connectivity index (χ2v) is 5.46. The molecule has 0 bridgehead atoms. The van der Waals surface area contributed by atoms with Crippen LogP contribution in [0, 0.1) is 0 Å². The smallest absolute Gasteiger partial charge is 0.356 e. The Morgan fingerprint density at radius 2 is 1.95 bits per heavy atom. The maximum Gasteiger partial charge on any atom is 0.356 e. The number of nitrogen functional groups attached to an aromatic ring is 1. The molecule has 1 unspecified atom stereocenters. The van der Waals surface area contributed by atoms with E-state index in [-0.39, 0.29) is 11.7 Å². The van der Waals surface area contributed by atoms with E-state index < -0.39 is 5.97 Å². The van der Waals surface area contributed by atoms with Crippen LogP contribution in [0.15, 0.2) is 40.9 Å². The molecule has 2 aromatic rings. The maximum absolute atomic E-state index is 11.5. The Kier molecular flexibility index (Phi) is 4.80. The molecule has 3 N–H and O–H groups in total. The van der Waals surface area contributed by atoms with E-state index in [4.69, 9.17) is 5.73 Å². The van der Waals surface area contributed by atoms with Gasteiger partial charge in [0.2, 0.25) is 0 Å². The number of nitrogens with zero attached hydrogens (tertiary/aromatic N) is 1. The van der Waals surface area contributed by atoms with Gasteiger partial charge in [0.15, 0.2) is 11.5 Å². The predicted molar refractivity (Wildman–Crippen MR) is 86.2 cm³/mol. The monoisotopic (exact) mass is 349 g/mol. The first kappa shape index (κ1) is 15.3. The Morgan fingerprint density at radius 1 is 1.29 bits per heavy atom. The third-order valence-corrected chi connectivity index (χ3v) is 3.57. The third-order valence-electron chi connectivity index (χ3n) is 3.04. The number of rotatable bonds is 4. The fourth-order valence-electron chi connectivity index (χ4n) is 1.84. The van der Waals surface area contributed by atoms with Crippen molar-refractivity contribution >= 4 is 33.4 Å². The second-order valence-electron chi connectivity index (χ2n) is 4.54. The molecule has 0 fully saturated rings. The summed E-state index contributed by atoms with van der Waals surface area (Å²) in [5.74, 6) is -0.0253. The van der Waals surface area contributed by atoms with Crippen LogP contribution in [-0.2, 0) is 4.74 Å². The lowest BCUT2D eigenvalue weighted by Crippen LogP contribution is -2.12. The number of halogens is 1. The average Bonchev–Trinajstić information content (AvgIpc) is 2.49. The first-order valence-corrected chi connectivity index (χ1v) is 7.17. The number of carbonyl (C=O) groups is 1. The van der Waals surface area contributed by atoms with Crippen molar-refractivity contribution < 1.29 is 9.53 Å². The van der Waals surface area contributed by atoms with Crippen molar-refractivity contribution in [3.05, 3.63) is 52.1 Å². The van der Waals surface area contributed by atoms with Crippen LogP contribution in [0.2, 0.25) is 0 Å². The normalized spacial score (nSPS) is 11.8. The Hall–Kier alpha value is -2.08. The van der Waals surface area contributed by atoms with Gasteiger partial charge in [-0.1, -0.05) is 28.1 Å². The zero-order valence-corrected chi connectivity index (χ0v) is 13.3. The van der Waals surface area contributed by atoms with Crippen LogP contribution in [0.4, 0.5) is 11.5 Å². The SMILES string of the molecule is COC(=O)c1ccc(N)c(NC(C)c2ccc(Br)cc2)n1. The van der Waals surface area contributed by atoms with E-state index in [1.165, 1.54) is 13.2 Å². The van der Waals surface area contributed by atoms with Crippen molar-refractivity contribution in [3.8, 4) is 0 Å². The number of anilines is 2. The fraction of sp³-hybridized carbons (Fsp3) is 0.200. The number of hydrogen-bond donors (Lipinski definition) is 2. The number of pyridine rings is 1. The summed E-state index contributed by atoms with van der Waals surface area (Å²) >= 11 is 3.40. The van der Waals surface area contributed by atoms with Crippen molar-refractivity contribution in [2.75, 3.05) is 18.2 Å². The van der Waals surface area contributed by atoms with E-state index in [9.17, 15) is 4.79 Å². The van der Waals surface area contributed by atoms with Gasteiger partial charge in [-0.05, 0) is 36.8 Å². The number of methoxy groups -OCH3 is 1. The lowest BCUT2D eigenvalue weighted by Gasteiger charge is -2.17. The van der Waals surface area contributed by atoms with Crippen molar-refractivity contribution in [2.45, 2.75) is 13.0 Å². The number of esters is 1. The Bertz CT molecular complexity index is 644. The highest BCUT2D eigenvalue weighted by Crippen LogP contribution is 2.24. The topological polar surface area (TPSA) is 77.2 Å². The molecule has 0 radical (unpaired) electrons. The highest BCUT2D eigenvalue weighted by Gasteiger charge is 2.13. The van der Waals surface area contributed by atoms with Gasteiger partial charge in [0.25, 0.3) is 0 Å². The largest absolute Gasteiger partial charge is 0.464 e. The first-order chi connectivity index (χ1) is 10.0. The Morgan fingerprint density at radius 3 is 2.57 bits per heavy atom. The molecule has 0 saturated carbocycles.